The van der Waals surface area contributed by atoms with E-state index in [4.69, 9.17) is 0 Å². The second kappa shape index (κ2) is 8.19. The minimum absolute atomic E-state index is 0.0770. The zero-order valence-corrected chi connectivity index (χ0v) is 13.0. The van der Waals surface area contributed by atoms with Crippen molar-refractivity contribution in [2.75, 3.05) is 20.1 Å². The molecule has 0 radical (unpaired) electrons. The Morgan fingerprint density at radius 3 is 2.24 bits per heavy atom. The van der Waals surface area contributed by atoms with Crippen LogP contribution < -0.4 is 10.6 Å². The molecule has 0 bridgehead atoms. The number of hydrogen-bond acceptors (Lipinski definition) is 3. The molecule has 0 aromatic heterocycles. The summed E-state index contributed by atoms with van der Waals surface area (Å²) >= 11 is 0. The number of alkyl halides is 6. The minimum atomic E-state index is -4.63. The van der Waals surface area contributed by atoms with Gasteiger partial charge in [0.05, 0.1) is 12.1 Å². The highest BCUT2D eigenvalue weighted by molar-refractivity contribution is 5.95. The average molecular weight is 371 g/mol. The quantitative estimate of drug-likeness (QED) is 0.782. The number of nitrogens with one attached hydrogen (secondary N) is 2. The lowest BCUT2D eigenvalue weighted by Crippen LogP contribution is -2.46. The average Bonchev–Trinajstić information content (AvgIpc) is 2.43. The Hall–Kier alpha value is -2.30. The number of carbonyl (C=O) groups is 2. The van der Waals surface area contributed by atoms with E-state index in [9.17, 15) is 35.9 Å². The summed E-state index contributed by atoms with van der Waals surface area (Å²) in [6.45, 7) is -2.33. The molecular formula is C14H15F6N3O2. The van der Waals surface area contributed by atoms with Crippen molar-refractivity contribution >= 4 is 11.9 Å². The smallest absolute Gasteiger partial charge is 0.329 e. The number of imide groups is 1. The Morgan fingerprint density at radius 2 is 1.68 bits per heavy atom. The minimum Gasteiger partial charge on any atom is -0.329 e. The summed E-state index contributed by atoms with van der Waals surface area (Å²) in [4.78, 5) is 23.8. The van der Waals surface area contributed by atoms with Crippen molar-refractivity contribution in [1.29, 1.82) is 0 Å². The summed E-state index contributed by atoms with van der Waals surface area (Å²) in [5.41, 5.74) is -0.933. The Balaban J connectivity index is 2.56. The first kappa shape index (κ1) is 20.7. The van der Waals surface area contributed by atoms with Gasteiger partial charge in [0.1, 0.15) is 6.54 Å². The van der Waals surface area contributed by atoms with Gasteiger partial charge in [-0.2, -0.15) is 26.3 Å². The van der Waals surface area contributed by atoms with Crippen molar-refractivity contribution in [3.05, 3.63) is 35.4 Å². The molecule has 2 N–H and O–H groups in total. The van der Waals surface area contributed by atoms with E-state index in [1.54, 1.807) is 5.32 Å². The number of amides is 3. The number of rotatable bonds is 5. The van der Waals surface area contributed by atoms with Gasteiger partial charge >= 0.3 is 18.4 Å². The highest BCUT2D eigenvalue weighted by Gasteiger charge is 2.33. The van der Waals surface area contributed by atoms with Crippen LogP contribution >= 0.6 is 0 Å². The van der Waals surface area contributed by atoms with Crippen molar-refractivity contribution in [2.24, 2.45) is 0 Å². The second-order valence-electron chi connectivity index (χ2n) is 5.17. The Bertz CT molecular complexity index is 615. The summed E-state index contributed by atoms with van der Waals surface area (Å²) < 4.78 is 74.4. The molecule has 0 heterocycles. The van der Waals surface area contributed by atoms with Crippen LogP contribution in [0, 0.1) is 0 Å². The predicted octanol–water partition coefficient (Wildman–Crippen LogP) is 2.53. The lowest BCUT2D eigenvalue weighted by atomic mass is 10.1. The summed E-state index contributed by atoms with van der Waals surface area (Å²) in [5, 5.41) is 3.10. The molecule has 3 amide bonds. The Labute approximate surface area is 139 Å². The zero-order chi connectivity index (χ0) is 19.3. The Morgan fingerprint density at radius 1 is 1.08 bits per heavy atom. The van der Waals surface area contributed by atoms with E-state index in [0.29, 0.717) is 0 Å². The van der Waals surface area contributed by atoms with Gasteiger partial charge in [0.15, 0.2) is 0 Å². The molecule has 0 saturated carbocycles. The topological polar surface area (TPSA) is 61.4 Å². The monoisotopic (exact) mass is 371 g/mol. The second-order valence-corrected chi connectivity index (χ2v) is 5.17. The van der Waals surface area contributed by atoms with Crippen LogP contribution in [0.5, 0.6) is 0 Å². The van der Waals surface area contributed by atoms with Crippen LogP contribution in [-0.4, -0.2) is 43.2 Å². The number of nitrogens with zero attached hydrogens (tertiary/aromatic N) is 1. The molecule has 0 unspecified atom stereocenters. The lowest BCUT2D eigenvalue weighted by molar-refractivity contribution is -0.138. The van der Waals surface area contributed by atoms with Crippen LogP contribution in [0.1, 0.15) is 11.1 Å². The van der Waals surface area contributed by atoms with Gasteiger partial charge in [-0.05, 0) is 18.7 Å². The fourth-order valence-electron chi connectivity index (χ4n) is 1.92. The molecule has 0 aliphatic heterocycles. The maximum Gasteiger partial charge on any atom is 0.416 e. The van der Waals surface area contributed by atoms with Gasteiger partial charge in [-0.15, -0.1) is 0 Å². The van der Waals surface area contributed by atoms with Crippen LogP contribution in [0.2, 0.25) is 0 Å². The third kappa shape index (κ3) is 7.88. The summed E-state index contributed by atoms with van der Waals surface area (Å²) in [6, 6.07) is 3.43. The SMILES string of the molecule is CN(CC(=O)NC(=O)NCC(F)(F)F)Cc1ccccc1C(F)(F)F. The van der Waals surface area contributed by atoms with Crippen LogP contribution in [0.4, 0.5) is 31.1 Å². The van der Waals surface area contributed by atoms with Gasteiger partial charge < -0.3 is 5.32 Å². The highest BCUT2D eigenvalue weighted by Crippen LogP contribution is 2.32. The standard InChI is InChI=1S/C14H15F6N3O2/c1-23(6-9-4-2-3-5-10(9)14(18,19)20)7-11(24)22-12(25)21-8-13(15,16)17/h2-5H,6-8H2,1H3,(H2,21,22,24,25). The van der Waals surface area contributed by atoms with Crippen molar-refractivity contribution in [3.63, 3.8) is 0 Å². The van der Waals surface area contributed by atoms with Gasteiger partial charge in [-0.25, -0.2) is 4.79 Å². The van der Waals surface area contributed by atoms with Gasteiger partial charge in [0.2, 0.25) is 5.91 Å². The fourth-order valence-corrected chi connectivity index (χ4v) is 1.92. The fraction of sp³-hybridized carbons (Fsp3) is 0.429. The normalized spacial score (nSPS) is 12.2. The molecule has 25 heavy (non-hydrogen) atoms. The lowest BCUT2D eigenvalue weighted by Gasteiger charge is -2.19. The van der Waals surface area contributed by atoms with E-state index in [0.717, 1.165) is 6.07 Å². The summed E-state index contributed by atoms with van der Waals surface area (Å²) in [7, 11) is 1.33. The van der Waals surface area contributed by atoms with Crippen LogP contribution in [-0.2, 0) is 17.5 Å². The molecule has 0 spiro atoms. The van der Waals surface area contributed by atoms with Crippen LogP contribution in [0.25, 0.3) is 0 Å². The summed E-state index contributed by atoms with van der Waals surface area (Å²) in [5.74, 6) is -0.952. The highest BCUT2D eigenvalue weighted by atomic mass is 19.4. The van der Waals surface area contributed by atoms with Crippen molar-refractivity contribution in [2.45, 2.75) is 18.9 Å². The first-order valence-corrected chi connectivity index (χ1v) is 6.86. The molecule has 5 nitrogen and oxygen atoms in total. The molecule has 0 aliphatic carbocycles. The molecule has 1 aromatic rings. The number of halogens is 6. The van der Waals surface area contributed by atoms with Crippen LogP contribution in [0.3, 0.4) is 0 Å². The zero-order valence-electron chi connectivity index (χ0n) is 13.0. The maximum atomic E-state index is 12.9. The third-order valence-corrected chi connectivity index (χ3v) is 2.88. The molecule has 0 saturated heterocycles. The third-order valence-electron chi connectivity index (χ3n) is 2.88. The number of likely N-dealkylation sites (N-methyl/N-ethyl adjacent to an activating group) is 1. The predicted molar refractivity (Wildman–Crippen MR) is 75.4 cm³/mol. The van der Waals surface area contributed by atoms with E-state index in [2.05, 4.69) is 0 Å². The van der Waals surface area contributed by atoms with Gasteiger partial charge in [-0.3, -0.25) is 15.0 Å². The Kier molecular flexibility index (Phi) is 6.79. The molecule has 0 aliphatic rings. The number of hydrogen-bond donors (Lipinski definition) is 2. The molecule has 0 fully saturated rings. The van der Waals surface area contributed by atoms with Crippen molar-refractivity contribution in [3.8, 4) is 0 Å². The van der Waals surface area contributed by atoms with Gasteiger partial charge in [0.25, 0.3) is 0 Å². The van der Waals surface area contributed by atoms with E-state index >= 15 is 0 Å². The van der Waals surface area contributed by atoms with E-state index in [1.165, 1.54) is 35.5 Å². The largest absolute Gasteiger partial charge is 0.416 e. The van der Waals surface area contributed by atoms with Crippen molar-refractivity contribution in [1.82, 2.24) is 15.5 Å². The number of benzene rings is 1. The van der Waals surface area contributed by atoms with Crippen LogP contribution in [0.15, 0.2) is 24.3 Å². The summed E-state index contributed by atoms with van der Waals surface area (Å²) in [6.07, 6.45) is -9.18. The van der Waals surface area contributed by atoms with Crippen molar-refractivity contribution < 1.29 is 35.9 Å². The van der Waals surface area contributed by atoms with E-state index in [1.807, 2.05) is 0 Å². The first-order chi connectivity index (χ1) is 11.4. The molecule has 11 heteroatoms. The first-order valence-electron chi connectivity index (χ1n) is 6.86. The number of urea groups is 1. The molecule has 1 aromatic carbocycles. The van der Waals surface area contributed by atoms with Gasteiger partial charge in [-0.1, -0.05) is 18.2 Å². The van der Waals surface area contributed by atoms with E-state index in [-0.39, 0.29) is 12.1 Å². The number of carbonyl (C=O) groups excluding carboxylic acids is 2. The molecule has 1 rings (SSSR count). The molecule has 0 atom stereocenters. The molecule has 140 valence electrons. The van der Waals surface area contributed by atoms with E-state index < -0.39 is 42.9 Å². The molecular weight excluding hydrogens is 356 g/mol. The maximum absolute atomic E-state index is 12.9. The van der Waals surface area contributed by atoms with Gasteiger partial charge in [0, 0.05) is 6.54 Å².